The fourth-order valence-corrected chi connectivity index (χ4v) is 2.29. The van der Waals surface area contributed by atoms with Crippen LogP contribution in [0.5, 0.6) is 11.5 Å². The molecule has 0 aliphatic heterocycles. The first kappa shape index (κ1) is 15.4. The lowest BCUT2D eigenvalue weighted by Gasteiger charge is -2.10. The quantitative estimate of drug-likeness (QED) is 0.854. The van der Waals surface area contributed by atoms with Crippen LogP contribution in [0.15, 0.2) is 48.5 Å². The minimum atomic E-state index is -0.142. The van der Waals surface area contributed by atoms with E-state index in [0.717, 1.165) is 22.6 Å². The van der Waals surface area contributed by atoms with Crippen molar-refractivity contribution in [2.45, 2.75) is 0 Å². The maximum Gasteiger partial charge on any atom is 0.118 e. The van der Waals surface area contributed by atoms with E-state index >= 15 is 0 Å². The first-order valence-corrected chi connectivity index (χ1v) is 6.85. The Morgan fingerprint density at radius 2 is 1.29 bits per heavy atom. The van der Waals surface area contributed by atoms with E-state index in [9.17, 15) is 5.11 Å². The summed E-state index contributed by atoms with van der Waals surface area (Å²) in [6.45, 7) is -0.142. The molecule has 3 nitrogen and oxygen atoms in total. The monoisotopic (exact) mass is 304 g/mol. The van der Waals surface area contributed by atoms with Crippen molar-refractivity contribution in [1.82, 2.24) is 0 Å². The van der Waals surface area contributed by atoms with Crippen molar-refractivity contribution in [2.24, 2.45) is 0 Å². The van der Waals surface area contributed by atoms with Crippen LogP contribution in [0, 0.1) is 0 Å². The lowest BCUT2D eigenvalue weighted by molar-refractivity contribution is 0.350. The second kappa shape index (κ2) is 7.16. The second-order valence-electron chi connectivity index (χ2n) is 4.41. The summed E-state index contributed by atoms with van der Waals surface area (Å²) in [6, 6.07) is 14.8. The number of benzene rings is 2. The van der Waals surface area contributed by atoms with Gasteiger partial charge in [0.25, 0.3) is 0 Å². The van der Waals surface area contributed by atoms with Crippen LogP contribution in [0.25, 0.3) is 10.6 Å². The molecule has 0 aliphatic rings. The zero-order valence-corrected chi connectivity index (χ0v) is 12.7. The molecule has 21 heavy (non-hydrogen) atoms. The SMILES string of the molecule is COc1ccc(C(Cl)=C(CO)c2ccc(OC)cc2)cc1. The molecule has 0 aromatic heterocycles. The van der Waals surface area contributed by atoms with Crippen LogP contribution in [0.1, 0.15) is 11.1 Å². The van der Waals surface area contributed by atoms with Gasteiger partial charge in [-0.3, -0.25) is 0 Å². The Bertz CT molecular complexity index is 615. The molecule has 4 heteroatoms. The predicted octanol–water partition coefficient (Wildman–Crippen LogP) is 3.80. The summed E-state index contributed by atoms with van der Waals surface area (Å²) in [5, 5.41) is 10.2. The predicted molar refractivity (Wildman–Crippen MR) is 85.7 cm³/mol. The number of hydrogen-bond donors (Lipinski definition) is 1. The molecule has 110 valence electrons. The number of rotatable bonds is 5. The second-order valence-corrected chi connectivity index (χ2v) is 4.79. The van der Waals surface area contributed by atoms with Gasteiger partial charge < -0.3 is 14.6 Å². The summed E-state index contributed by atoms with van der Waals surface area (Å²) in [6.07, 6.45) is 0. The van der Waals surface area contributed by atoms with E-state index in [-0.39, 0.29) is 6.61 Å². The summed E-state index contributed by atoms with van der Waals surface area (Å²) in [5.41, 5.74) is 2.36. The first-order valence-electron chi connectivity index (χ1n) is 6.48. The summed E-state index contributed by atoms with van der Waals surface area (Å²) < 4.78 is 10.3. The fraction of sp³-hybridized carbons (Fsp3) is 0.176. The van der Waals surface area contributed by atoms with Crippen LogP contribution >= 0.6 is 11.6 Å². The van der Waals surface area contributed by atoms with E-state index in [4.69, 9.17) is 21.1 Å². The van der Waals surface area contributed by atoms with E-state index in [1.54, 1.807) is 14.2 Å². The number of methoxy groups -OCH3 is 2. The molecule has 1 N–H and O–H groups in total. The van der Waals surface area contributed by atoms with E-state index < -0.39 is 0 Å². The van der Waals surface area contributed by atoms with Crippen LogP contribution in [0.2, 0.25) is 0 Å². The van der Waals surface area contributed by atoms with Gasteiger partial charge in [-0.2, -0.15) is 0 Å². The van der Waals surface area contributed by atoms with Gasteiger partial charge in [-0.25, -0.2) is 0 Å². The first-order chi connectivity index (χ1) is 10.2. The summed E-state index contributed by atoms with van der Waals surface area (Å²) in [4.78, 5) is 0. The number of aliphatic hydroxyl groups is 1. The lowest BCUT2D eigenvalue weighted by Crippen LogP contribution is -1.94. The van der Waals surface area contributed by atoms with Gasteiger partial charge in [0.1, 0.15) is 11.5 Å². The average Bonchev–Trinajstić information content (AvgIpc) is 2.56. The Balaban J connectivity index is 2.39. The fourth-order valence-electron chi connectivity index (χ4n) is 1.99. The Morgan fingerprint density at radius 1 is 0.857 bits per heavy atom. The van der Waals surface area contributed by atoms with Crippen molar-refractivity contribution in [3.05, 3.63) is 59.7 Å². The Labute approximate surface area is 129 Å². The average molecular weight is 305 g/mol. The third-order valence-corrected chi connectivity index (χ3v) is 3.65. The van der Waals surface area contributed by atoms with Gasteiger partial charge in [-0.15, -0.1) is 0 Å². The Morgan fingerprint density at radius 3 is 1.67 bits per heavy atom. The molecule has 0 bridgehead atoms. The van der Waals surface area contributed by atoms with Gasteiger partial charge in [0.05, 0.1) is 25.9 Å². The Hall–Kier alpha value is -1.97. The zero-order chi connectivity index (χ0) is 15.2. The topological polar surface area (TPSA) is 38.7 Å². The van der Waals surface area contributed by atoms with Crippen molar-refractivity contribution in [3.63, 3.8) is 0 Å². The largest absolute Gasteiger partial charge is 0.497 e. The van der Waals surface area contributed by atoms with Crippen molar-refractivity contribution >= 4 is 22.2 Å². The van der Waals surface area contributed by atoms with Gasteiger partial charge in [0, 0.05) is 5.57 Å². The van der Waals surface area contributed by atoms with E-state index in [1.807, 2.05) is 48.5 Å². The van der Waals surface area contributed by atoms with Crippen LogP contribution in [0.3, 0.4) is 0 Å². The smallest absolute Gasteiger partial charge is 0.118 e. The van der Waals surface area contributed by atoms with Crippen LogP contribution in [-0.2, 0) is 0 Å². The highest BCUT2D eigenvalue weighted by atomic mass is 35.5. The lowest BCUT2D eigenvalue weighted by atomic mass is 10.0. The van der Waals surface area contributed by atoms with Gasteiger partial charge in [-0.1, -0.05) is 23.7 Å². The van der Waals surface area contributed by atoms with E-state index in [0.29, 0.717) is 10.6 Å². The molecule has 0 saturated heterocycles. The third-order valence-electron chi connectivity index (χ3n) is 3.21. The zero-order valence-electron chi connectivity index (χ0n) is 12.0. The molecule has 0 unspecified atom stereocenters. The van der Waals surface area contributed by atoms with Crippen molar-refractivity contribution in [3.8, 4) is 11.5 Å². The number of ether oxygens (including phenoxy) is 2. The maximum absolute atomic E-state index is 9.64. The minimum absolute atomic E-state index is 0.142. The van der Waals surface area contributed by atoms with Crippen LogP contribution in [0.4, 0.5) is 0 Å². The number of halogens is 1. The molecule has 0 atom stereocenters. The molecule has 0 spiro atoms. The van der Waals surface area contributed by atoms with E-state index in [2.05, 4.69) is 0 Å². The molecule has 0 heterocycles. The standard InChI is InChI=1S/C17H17ClO3/c1-20-14-7-3-12(4-8-14)16(11-19)17(18)13-5-9-15(21-2)10-6-13/h3-10,19H,11H2,1-2H3. The third kappa shape index (κ3) is 3.57. The van der Waals surface area contributed by atoms with Gasteiger partial charge >= 0.3 is 0 Å². The van der Waals surface area contributed by atoms with Crippen LogP contribution < -0.4 is 9.47 Å². The molecule has 0 radical (unpaired) electrons. The van der Waals surface area contributed by atoms with Gasteiger partial charge in [0.15, 0.2) is 0 Å². The highest BCUT2D eigenvalue weighted by Crippen LogP contribution is 2.31. The molecule has 0 fully saturated rings. The number of hydrogen-bond acceptors (Lipinski definition) is 3. The van der Waals surface area contributed by atoms with Crippen molar-refractivity contribution < 1.29 is 14.6 Å². The van der Waals surface area contributed by atoms with Gasteiger partial charge in [0.2, 0.25) is 0 Å². The van der Waals surface area contributed by atoms with Crippen LogP contribution in [-0.4, -0.2) is 25.9 Å². The number of aliphatic hydroxyl groups excluding tert-OH is 1. The van der Waals surface area contributed by atoms with Gasteiger partial charge in [-0.05, 0) is 47.5 Å². The minimum Gasteiger partial charge on any atom is -0.497 e. The molecule has 2 aromatic rings. The van der Waals surface area contributed by atoms with Crippen molar-refractivity contribution in [2.75, 3.05) is 20.8 Å². The summed E-state index contributed by atoms with van der Waals surface area (Å²) in [5.74, 6) is 1.52. The Kier molecular flexibility index (Phi) is 5.26. The molecule has 0 aliphatic carbocycles. The molecular formula is C17H17ClO3. The summed E-state index contributed by atoms with van der Waals surface area (Å²) >= 11 is 6.42. The molecule has 0 saturated carbocycles. The van der Waals surface area contributed by atoms with Crippen molar-refractivity contribution in [1.29, 1.82) is 0 Å². The molecule has 2 aromatic carbocycles. The van der Waals surface area contributed by atoms with E-state index in [1.165, 1.54) is 0 Å². The normalized spacial score (nSPS) is 11.8. The highest BCUT2D eigenvalue weighted by molar-refractivity contribution is 6.52. The molecular weight excluding hydrogens is 288 g/mol. The maximum atomic E-state index is 9.64. The summed E-state index contributed by atoms with van der Waals surface area (Å²) in [7, 11) is 3.23. The molecule has 0 amide bonds. The highest BCUT2D eigenvalue weighted by Gasteiger charge is 2.09. The molecule has 2 rings (SSSR count).